The first-order valence-corrected chi connectivity index (χ1v) is 7.45. The standard InChI is InChI=1S/C15H15N5O2S/c1-10(23)17-13-8-20-14(18-13)5-6-15(19-20)22-12-4-2-3-11(7-12)16-9-21/h2-10,17,23H,1H3,(H,16,21). The van der Waals surface area contributed by atoms with Crippen LogP contribution in [0.5, 0.6) is 11.6 Å². The minimum absolute atomic E-state index is 0.0105. The van der Waals surface area contributed by atoms with Crippen molar-refractivity contribution in [2.45, 2.75) is 12.3 Å². The number of benzene rings is 1. The van der Waals surface area contributed by atoms with Gasteiger partial charge in [-0.05, 0) is 25.1 Å². The summed E-state index contributed by atoms with van der Waals surface area (Å²) in [6.07, 6.45) is 2.38. The largest absolute Gasteiger partial charge is 0.438 e. The van der Waals surface area contributed by atoms with Crippen molar-refractivity contribution in [2.24, 2.45) is 0 Å². The third kappa shape index (κ3) is 3.72. The lowest BCUT2D eigenvalue weighted by molar-refractivity contribution is -0.105. The average molecular weight is 329 g/mol. The maximum atomic E-state index is 10.5. The van der Waals surface area contributed by atoms with Crippen molar-refractivity contribution in [1.82, 2.24) is 14.6 Å². The third-order valence-electron chi connectivity index (χ3n) is 2.93. The number of fused-ring (bicyclic) bond motifs is 1. The molecular formula is C15H15N5O2S. The second-order valence-corrected chi connectivity index (χ2v) is 5.59. The summed E-state index contributed by atoms with van der Waals surface area (Å²) in [4.78, 5) is 14.9. The minimum atomic E-state index is -0.0105. The van der Waals surface area contributed by atoms with Gasteiger partial charge in [-0.2, -0.15) is 12.6 Å². The van der Waals surface area contributed by atoms with Crippen molar-refractivity contribution < 1.29 is 9.53 Å². The first kappa shape index (κ1) is 15.2. The maximum absolute atomic E-state index is 10.5. The van der Waals surface area contributed by atoms with E-state index in [1.165, 1.54) is 0 Å². The molecule has 0 saturated heterocycles. The van der Waals surface area contributed by atoms with Gasteiger partial charge in [-0.15, -0.1) is 5.10 Å². The molecule has 0 spiro atoms. The highest BCUT2D eigenvalue weighted by Gasteiger charge is 2.06. The Labute approximate surface area is 138 Å². The number of ether oxygens (including phenoxy) is 1. The van der Waals surface area contributed by atoms with Gasteiger partial charge in [-0.25, -0.2) is 9.50 Å². The van der Waals surface area contributed by atoms with Crippen LogP contribution in [0.4, 0.5) is 11.5 Å². The van der Waals surface area contributed by atoms with Gasteiger partial charge in [0.25, 0.3) is 0 Å². The number of imidazole rings is 1. The predicted octanol–water partition coefficient (Wildman–Crippen LogP) is 2.78. The molecule has 2 N–H and O–H groups in total. The molecule has 0 saturated carbocycles. The fourth-order valence-corrected chi connectivity index (χ4v) is 2.17. The zero-order valence-electron chi connectivity index (χ0n) is 12.3. The molecule has 7 nitrogen and oxygen atoms in total. The third-order valence-corrected chi connectivity index (χ3v) is 3.06. The number of amides is 1. The molecule has 0 radical (unpaired) electrons. The molecule has 0 aliphatic heterocycles. The highest BCUT2D eigenvalue weighted by atomic mass is 32.1. The monoisotopic (exact) mass is 329 g/mol. The Morgan fingerprint density at radius 3 is 3.00 bits per heavy atom. The van der Waals surface area contributed by atoms with E-state index < -0.39 is 0 Å². The average Bonchev–Trinajstić information content (AvgIpc) is 2.88. The molecule has 23 heavy (non-hydrogen) atoms. The Hall–Kier alpha value is -2.74. The Kier molecular flexibility index (Phi) is 4.33. The highest BCUT2D eigenvalue weighted by molar-refractivity contribution is 7.81. The number of aromatic nitrogens is 3. The Balaban J connectivity index is 1.82. The first-order valence-electron chi connectivity index (χ1n) is 6.93. The van der Waals surface area contributed by atoms with E-state index in [1.54, 1.807) is 41.0 Å². The molecule has 8 heteroatoms. The topological polar surface area (TPSA) is 80.5 Å². The van der Waals surface area contributed by atoms with Gasteiger partial charge < -0.3 is 15.4 Å². The lowest BCUT2D eigenvalue weighted by atomic mass is 10.3. The molecular weight excluding hydrogens is 314 g/mol. The molecule has 0 fully saturated rings. The van der Waals surface area contributed by atoms with E-state index in [2.05, 4.69) is 33.3 Å². The summed E-state index contributed by atoms with van der Waals surface area (Å²) in [5.41, 5.74) is 1.35. The van der Waals surface area contributed by atoms with Gasteiger partial charge >= 0.3 is 0 Å². The summed E-state index contributed by atoms with van der Waals surface area (Å²) in [5.74, 6) is 1.68. The van der Waals surface area contributed by atoms with Gasteiger partial charge in [0.1, 0.15) is 11.6 Å². The Morgan fingerprint density at radius 1 is 1.35 bits per heavy atom. The number of carbonyl (C=O) groups excluding carboxylic acids is 1. The Bertz CT molecular complexity index is 834. The molecule has 1 unspecified atom stereocenters. The van der Waals surface area contributed by atoms with Crippen molar-refractivity contribution in [3.8, 4) is 11.6 Å². The second-order valence-electron chi connectivity index (χ2n) is 4.81. The molecule has 2 aromatic heterocycles. The molecule has 0 aliphatic rings. The molecule has 1 atom stereocenters. The van der Waals surface area contributed by atoms with Gasteiger partial charge in [0.15, 0.2) is 5.65 Å². The lowest BCUT2D eigenvalue weighted by Gasteiger charge is -2.06. The maximum Gasteiger partial charge on any atom is 0.237 e. The summed E-state index contributed by atoms with van der Waals surface area (Å²) in [7, 11) is 0. The molecule has 2 heterocycles. The summed E-state index contributed by atoms with van der Waals surface area (Å²) in [6, 6.07) is 10.6. The molecule has 3 aromatic rings. The Morgan fingerprint density at radius 2 is 2.22 bits per heavy atom. The minimum Gasteiger partial charge on any atom is -0.438 e. The van der Waals surface area contributed by atoms with Crippen molar-refractivity contribution in [2.75, 3.05) is 10.6 Å². The number of nitrogens with one attached hydrogen (secondary N) is 2. The van der Waals surface area contributed by atoms with E-state index in [0.29, 0.717) is 35.2 Å². The van der Waals surface area contributed by atoms with E-state index in [4.69, 9.17) is 4.74 Å². The molecule has 0 bridgehead atoms. The number of anilines is 2. The summed E-state index contributed by atoms with van der Waals surface area (Å²) in [5, 5.41) is 10.0. The fourth-order valence-electron chi connectivity index (χ4n) is 2.04. The number of hydrogen-bond donors (Lipinski definition) is 3. The van der Waals surface area contributed by atoms with E-state index in [1.807, 2.05) is 13.0 Å². The predicted molar refractivity (Wildman–Crippen MR) is 91.3 cm³/mol. The zero-order valence-corrected chi connectivity index (χ0v) is 13.2. The summed E-state index contributed by atoms with van der Waals surface area (Å²) < 4.78 is 7.34. The van der Waals surface area contributed by atoms with Gasteiger partial charge in [-0.3, -0.25) is 4.79 Å². The van der Waals surface area contributed by atoms with Gasteiger partial charge in [0.2, 0.25) is 12.3 Å². The van der Waals surface area contributed by atoms with Crippen LogP contribution in [0.1, 0.15) is 6.92 Å². The zero-order chi connectivity index (χ0) is 16.2. The summed E-state index contributed by atoms with van der Waals surface area (Å²) >= 11 is 4.27. The van der Waals surface area contributed by atoms with Gasteiger partial charge in [-0.1, -0.05) is 6.07 Å². The van der Waals surface area contributed by atoms with Crippen LogP contribution >= 0.6 is 12.6 Å². The van der Waals surface area contributed by atoms with Crippen LogP contribution in [0.2, 0.25) is 0 Å². The molecule has 3 rings (SSSR count). The SMILES string of the molecule is CC(S)Nc1cn2nc(Oc3cccc(NC=O)c3)ccc2n1. The van der Waals surface area contributed by atoms with Crippen LogP contribution in [-0.2, 0) is 4.79 Å². The van der Waals surface area contributed by atoms with E-state index >= 15 is 0 Å². The van der Waals surface area contributed by atoms with Gasteiger partial charge in [0, 0.05) is 17.8 Å². The molecule has 118 valence electrons. The van der Waals surface area contributed by atoms with Crippen molar-refractivity contribution in [1.29, 1.82) is 0 Å². The highest BCUT2D eigenvalue weighted by Crippen LogP contribution is 2.23. The quantitative estimate of drug-likeness (QED) is 0.368. The number of hydrogen-bond acceptors (Lipinski definition) is 6. The second kappa shape index (κ2) is 6.57. The lowest BCUT2D eigenvalue weighted by Crippen LogP contribution is -2.06. The molecule has 1 amide bonds. The van der Waals surface area contributed by atoms with Crippen LogP contribution in [0, 0.1) is 0 Å². The normalized spacial score (nSPS) is 11.9. The van der Waals surface area contributed by atoms with Crippen molar-refractivity contribution in [3.63, 3.8) is 0 Å². The van der Waals surface area contributed by atoms with Crippen LogP contribution in [0.25, 0.3) is 5.65 Å². The number of carbonyl (C=O) groups is 1. The van der Waals surface area contributed by atoms with Crippen molar-refractivity contribution >= 4 is 36.2 Å². The van der Waals surface area contributed by atoms with E-state index in [0.717, 1.165) is 0 Å². The fraction of sp³-hybridized carbons (Fsp3) is 0.133. The van der Waals surface area contributed by atoms with Crippen molar-refractivity contribution in [3.05, 3.63) is 42.6 Å². The number of rotatable bonds is 6. The molecule has 0 aliphatic carbocycles. The van der Waals surface area contributed by atoms with E-state index in [-0.39, 0.29) is 5.37 Å². The van der Waals surface area contributed by atoms with Crippen LogP contribution < -0.4 is 15.4 Å². The number of thiol groups is 1. The van der Waals surface area contributed by atoms with Crippen LogP contribution in [0.15, 0.2) is 42.6 Å². The number of nitrogens with zero attached hydrogens (tertiary/aromatic N) is 3. The van der Waals surface area contributed by atoms with Crippen LogP contribution in [-0.4, -0.2) is 26.4 Å². The first-order chi connectivity index (χ1) is 11.1. The van der Waals surface area contributed by atoms with Crippen LogP contribution in [0.3, 0.4) is 0 Å². The van der Waals surface area contributed by atoms with Gasteiger partial charge in [0.05, 0.1) is 11.6 Å². The van der Waals surface area contributed by atoms with E-state index in [9.17, 15) is 4.79 Å². The summed E-state index contributed by atoms with van der Waals surface area (Å²) in [6.45, 7) is 1.91. The smallest absolute Gasteiger partial charge is 0.237 e. The molecule has 1 aromatic carbocycles.